The van der Waals surface area contributed by atoms with Crippen LogP contribution in [0.25, 0.3) is 0 Å². The lowest BCUT2D eigenvalue weighted by atomic mass is 10.1. The van der Waals surface area contributed by atoms with Gasteiger partial charge in [-0.2, -0.15) is 4.31 Å². The van der Waals surface area contributed by atoms with E-state index in [1.807, 2.05) is 0 Å². The predicted molar refractivity (Wildman–Crippen MR) is 95.9 cm³/mol. The van der Waals surface area contributed by atoms with Gasteiger partial charge in [-0.3, -0.25) is 4.90 Å². The third-order valence-corrected chi connectivity index (χ3v) is 6.73. The lowest BCUT2D eigenvalue weighted by Gasteiger charge is -2.34. The maximum absolute atomic E-state index is 12.9. The molecule has 1 fully saturated rings. The molecular weight excluding hydrogens is 338 g/mol. The van der Waals surface area contributed by atoms with Crippen molar-refractivity contribution in [1.82, 2.24) is 14.4 Å². The van der Waals surface area contributed by atoms with Crippen molar-refractivity contribution in [3.8, 4) is 0 Å². The summed E-state index contributed by atoms with van der Waals surface area (Å²) in [6, 6.07) is 6.55. The SMILES string of the molecule is Cc1cc(C)cc(CN2CCN(S(=O)(=O)c3c(C)noc3C)CC2)c1. The summed E-state index contributed by atoms with van der Waals surface area (Å²) in [6.45, 7) is 10.8. The van der Waals surface area contributed by atoms with Gasteiger partial charge in [-0.1, -0.05) is 34.5 Å². The van der Waals surface area contributed by atoms with Crippen molar-refractivity contribution >= 4 is 10.0 Å². The normalized spacial score (nSPS) is 17.1. The van der Waals surface area contributed by atoms with Crippen LogP contribution < -0.4 is 0 Å². The molecule has 0 saturated carbocycles. The van der Waals surface area contributed by atoms with Crippen LogP contribution >= 0.6 is 0 Å². The number of aromatic nitrogens is 1. The first-order valence-corrected chi connectivity index (χ1v) is 9.94. The monoisotopic (exact) mass is 363 g/mol. The smallest absolute Gasteiger partial charge is 0.248 e. The Morgan fingerprint density at radius 1 is 1.00 bits per heavy atom. The molecule has 6 nitrogen and oxygen atoms in total. The predicted octanol–water partition coefficient (Wildman–Crippen LogP) is 2.41. The van der Waals surface area contributed by atoms with Gasteiger partial charge in [0.2, 0.25) is 10.0 Å². The molecule has 0 N–H and O–H groups in total. The van der Waals surface area contributed by atoms with E-state index in [4.69, 9.17) is 4.52 Å². The second-order valence-electron chi connectivity index (χ2n) is 6.83. The lowest BCUT2D eigenvalue weighted by molar-refractivity contribution is 0.181. The van der Waals surface area contributed by atoms with Crippen LogP contribution in [0.1, 0.15) is 28.1 Å². The zero-order valence-electron chi connectivity index (χ0n) is 15.2. The molecular formula is C18H25N3O3S. The van der Waals surface area contributed by atoms with E-state index < -0.39 is 10.0 Å². The number of hydrogen-bond donors (Lipinski definition) is 0. The average molecular weight is 363 g/mol. The van der Waals surface area contributed by atoms with Crippen LogP contribution in [0.5, 0.6) is 0 Å². The van der Waals surface area contributed by atoms with Crippen molar-refractivity contribution in [3.63, 3.8) is 0 Å². The fourth-order valence-corrected chi connectivity index (χ4v) is 5.23. The summed E-state index contributed by atoms with van der Waals surface area (Å²) >= 11 is 0. The van der Waals surface area contributed by atoms with Gasteiger partial charge in [-0.05, 0) is 33.3 Å². The molecule has 1 aromatic heterocycles. The van der Waals surface area contributed by atoms with Crippen molar-refractivity contribution in [2.45, 2.75) is 39.1 Å². The Labute approximate surface area is 149 Å². The summed E-state index contributed by atoms with van der Waals surface area (Å²) < 4.78 is 32.3. The van der Waals surface area contributed by atoms with Gasteiger partial charge < -0.3 is 4.52 Å². The van der Waals surface area contributed by atoms with E-state index in [-0.39, 0.29) is 4.90 Å². The highest BCUT2D eigenvalue weighted by Crippen LogP contribution is 2.24. The number of sulfonamides is 1. The summed E-state index contributed by atoms with van der Waals surface area (Å²) in [4.78, 5) is 2.52. The third kappa shape index (κ3) is 3.78. The first-order valence-electron chi connectivity index (χ1n) is 8.50. The zero-order valence-corrected chi connectivity index (χ0v) is 16.1. The van der Waals surface area contributed by atoms with E-state index >= 15 is 0 Å². The number of benzene rings is 1. The highest BCUT2D eigenvalue weighted by molar-refractivity contribution is 7.89. The minimum atomic E-state index is -3.54. The molecule has 1 aromatic carbocycles. The molecule has 2 aromatic rings. The van der Waals surface area contributed by atoms with Gasteiger partial charge in [0, 0.05) is 32.7 Å². The number of hydrogen-bond acceptors (Lipinski definition) is 5. The Morgan fingerprint density at radius 2 is 1.60 bits per heavy atom. The molecule has 0 unspecified atom stereocenters. The second-order valence-corrected chi connectivity index (χ2v) is 8.70. The van der Waals surface area contributed by atoms with E-state index in [9.17, 15) is 8.42 Å². The summed E-state index contributed by atoms with van der Waals surface area (Å²) in [5, 5.41) is 3.77. The van der Waals surface area contributed by atoms with E-state index in [1.165, 1.54) is 21.0 Å². The van der Waals surface area contributed by atoms with E-state index in [1.54, 1.807) is 13.8 Å². The molecule has 3 rings (SSSR count). The standard InChI is InChI=1S/C18H25N3O3S/c1-13-9-14(2)11-17(10-13)12-20-5-7-21(8-6-20)25(22,23)18-15(3)19-24-16(18)4/h9-11H,5-8,12H2,1-4H3. The largest absolute Gasteiger partial charge is 0.360 e. The van der Waals surface area contributed by atoms with Gasteiger partial charge >= 0.3 is 0 Å². The fraction of sp³-hybridized carbons (Fsp3) is 0.500. The van der Waals surface area contributed by atoms with Gasteiger partial charge in [0.15, 0.2) is 5.76 Å². The van der Waals surface area contributed by atoms with Crippen molar-refractivity contribution < 1.29 is 12.9 Å². The third-order valence-electron chi connectivity index (χ3n) is 4.58. The zero-order chi connectivity index (χ0) is 18.2. The van der Waals surface area contributed by atoms with Crippen LogP contribution in [0.15, 0.2) is 27.6 Å². The van der Waals surface area contributed by atoms with Crippen molar-refractivity contribution in [1.29, 1.82) is 0 Å². The van der Waals surface area contributed by atoms with Gasteiger partial charge in [-0.25, -0.2) is 8.42 Å². The Kier molecular flexibility index (Phi) is 4.99. The molecule has 7 heteroatoms. The molecule has 25 heavy (non-hydrogen) atoms. The van der Waals surface area contributed by atoms with E-state index in [0.717, 1.165) is 19.6 Å². The average Bonchev–Trinajstić information content (AvgIpc) is 2.86. The maximum atomic E-state index is 12.9. The minimum Gasteiger partial charge on any atom is -0.360 e. The topological polar surface area (TPSA) is 66.7 Å². The molecule has 0 atom stereocenters. The molecule has 0 aliphatic carbocycles. The van der Waals surface area contributed by atoms with Gasteiger partial charge in [0.25, 0.3) is 0 Å². The molecule has 0 amide bonds. The van der Waals surface area contributed by atoms with Crippen LogP contribution in [0.2, 0.25) is 0 Å². The Morgan fingerprint density at radius 3 is 2.12 bits per heavy atom. The molecule has 0 spiro atoms. The molecule has 0 radical (unpaired) electrons. The van der Waals surface area contributed by atoms with Gasteiger partial charge in [-0.15, -0.1) is 0 Å². The maximum Gasteiger partial charge on any atom is 0.248 e. The fourth-order valence-electron chi connectivity index (χ4n) is 3.52. The first kappa shape index (κ1) is 18.1. The number of piperazine rings is 1. The highest BCUT2D eigenvalue weighted by atomic mass is 32.2. The van der Waals surface area contributed by atoms with Gasteiger partial charge in [0.1, 0.15) is 10.6 Å². The highest BCUT2D eigenvalue weighted by Gasteiger charge is 2.33. The van der Waals surface area contributed by atoms with Crippen LogP contribution in [0.4, 0.5) is 0 Å². The number of rotatable bonds is 4. The Hall–Kier alpha value is -1.70. The summed E-state index contributed by atoms with van der Waals surface area (Å²) in [6.07, 6.45) is 0. The first-order chi connectivity index (χ1) is 11.8. The molecule has 1 aliphatic rings. The Balaban J connectivity index is 1.67. The second kappa shape index (κ2) is 6.90. The van der Waals surface area contributed by atoms with Crippen molar-refractivity contribution in [2.24, 2.45) is 0 Å². The molecule has 1 saturated heterocycles. The van der Waals surface area contributed by atoms with Crippen LogP contribution in [0, 0.1) is 27.7 Å². The number of aryl methyl sites for hydroxylation is 4. The molecule has 136 valence electrons. The van der Waals surface area contributed by atoms with Crippen LogP contribution in [-0.2, 0) is 16.6 Å². The quantitative estimate of drug-likeness (QED) is 0.835. The van der Waals surface area contributed by atoms with Crippen LogP contribution in [-0.4, -0.2) is 49.0 Å². The van der Waals surface area contributed by atoms with E-state index in [0.29, 0.717) is 24.5 Å². The van der Waals surface area contributed by atoms with Crippen molar-refractivity contribution in [2.75, 3.05) is 26.2 Å². The van der Waals surface area contributed by atoms with Crippen molar-refractivity contribution in [3.05, 3.63) is 46.3 Å². The minimum absolute atomic E-state index is 0.218. The van der Waals surface area contributed by atoms with Gasteiger partial charge in [0.05, 0.1) is 0 Å². The van der Waals surface area contributed by atoms with E-state index in [2.05, 4.69) is 42.1 Å². The Bertz CT molecular complexity index is 826. The number of nitrogens with zero attached hydrogens (tertiary/aromatic N) is 3. The lowest BCUT2D eigenvalue weighted by Crippen LogP contribution is -2.48. The van der Waals surface area contributed by atoms with Crippen LogP contribution in [0.3, 0.4) is 0 Å². The molecule has 0 bridgehead atoms. The summed E-state index contributed by atoms with van der Waals surface area (Å²) in [5.41, 5.74) is 4.22. The summed E-state index contributed by atoms with van der Waals surface area (Å²) in [7, 11) is -3.54. The molecule has 2 heterocycles. The summed E-state index contributed by atoms with van der Waals surface area (Å²) in [5.74, 6) is 0.357. The molecule has 1 aliphatic heterocycles.